The molecule has 1 aliphatic rings. The van der Waals surface area contributed by atoms with Crippen LogP contribution in [0.4, 0.5) is 0 Å². The first-order valence-electron chi connectivity index (χ1n) is 6.33. The fourth-order valence-corrected chi connectivity index (χ4v) is 2.57. The number of fused-ring (bicyclic) bond motifs is 1. The maximum absolute atomic E-state index is 5.73. The van der Waals surface area contributed by atoms with E-state index in [2.05, 4.69) is 50.4 Å². The van der Waals surface area contributed by atoms with E-state index in [0.717, 1.165) is 15.9 Å². The first-order chi connectivity index (χ1) is 9.29. The Morgan fingerprint density at radius 3 is 2.63 bits per heavy atom. The molecule has 0 unspecified atom stereocenters. The third kappa shape index (κ3) is 2.06. The molecule has 2 aromatic carbocycles. The van der Waals surface area contributed by atoms with E-state index in [-0.39, 0.29) is 0 Å². The molecule has 94 valence electrons. The van der Waals surface area contributed by atoms with E-state index in [4.69, 9.17) is 4.42 Å². The van der Waals surface area contributed by atoms with Crippen molar-refractivity contribution in [3.8, 4) is 11.5 Å². The van der Waals surface area contributed by atoms with Gasteiger partial charge in [0.1, 0.15) is 0 Å². The lowest BCUT2D eigenvalue weighted by Gasteiger charge is -2.00. The normalized spacial score (nSPS) is 15.0. The van der Waals surface area contributed by atoms with Crippen LogP contribution in [0.2, 0.25) is 0 Å². The van der Waals surface area contributed by atoms with Gasteiger partial charge in [-0.05, 0) is 47.9 Å². The second-order valence-electron chi connectivity index (χ2n) is 4.93. The Hall–Kier alpha value is -1.68. The molecule has 4 rings (SSSR count). The summed E-state index contributed by atoms with van der Waals surface area (Å²) in [6.45, 7) is 0. The van der Waals surface area contributed by atoms with Gasteiger partial charge >= 0.3 is 0 Å². The van der Waals surface area contributed by atoms with Crippen molar-refractivity contribution in [3.05, 3.63) is 46.8 Å². The van der Waals surface area contributed by atoms with Crippen LogP contribution in [0.25, 0.3) is 22.2 Å². The smallest absolute Gasteiger partial charge is 0.247 e. The molecule has 4 heteroatoms. The van der Waals surface area contributed by atoms with Gasteiger partial charge in [-0.15, -0.1) is 10.2 Å². The van der Waals surface area contributed by atoms with Crippen molar-refractivity contribution in [1.29, 1.82) is 0 Å². The fourth-order valence-electron chi connectivity index (χ4n) is 2.20. The van der Waals surface area contributed by atoms with E-state index >= 15 is 0 Å². The van der Waals surface area contributed by atoms with Crippen LogP contribution in [-0.4, -0.2) is 10.2 Å². The predicted octanol–water partition coefficient (Wildman–Crippen LogP) is 4.53. The average Bonchev–Trinajstić information content (AvgIpc) is 3.16. The zero-order chi connectivity index (χ0) is 12.8. The summed E-state index contributed by atoms with van der Waals surface area (Å²) in [5, 5.41) is 10.6. The van der Waals surface area contributed by atoms with E-state index in [0.29, 0.717) is 11.8 Å². The Labute approximate surface area is 118 Å². The van der Waals surface area contributed by atoms with Gasteiger partial charge in [-0.1, -0.05) is 28.1 Å². The average molecular weight is 315 g/mol. The molecule has 19 heavy (non-hydrogen) atoms. The van der Waals surface area contributed by atoms with Crippen molar-refractivity contribution >= 4 is 26.7 Å². The van der Waals surface area contributed by atoms with Gasteiger partial charge < -0.3 is 4.42 Å². The molecule has 1 saturated carbocycles. The van der Waals surface area contributed by atoms with E-state index in [9.17, 15) is 0 Å². The molecular formula is C15H11BrN2O. The van der Waals surface area contributed by atoms with Gasteiger partial charge in [-0.25, -0.2) is 0 Å². The third-order valence-corrected chi connectivity index (χ3v) is 3.91. The van der Waals surface area contributed by atoms with Gasteiger partial charge in [0.2, 0.25) is 11.8 Å². The van der Waals surface area contributed by atoms with Crippen LogP contribution in [0.3, 0.4) is 0 Å². The van der Waals surface area contributed by atoms with Crippen LogP contribution < -0.4 is 0 Å². The van der Waals surface area contributed by atoms with Crippen LogP contribution >= 0.6 is 15.9 Å². The lowest BCUT2D eigenvalue weighted by atomic mass is 10.1. The number of benzene rings is 2. The Bertz CT molecular complexity index is 762. The lowest BCUT2D eigenvalue weighted by molar-refractivity contribution is 0.508. The molecule has 3 aromatic rings. The van der Waals surface area contributed by atoms with Crippen LogP contribution in [0, 0.1) is 0 Å². The first kappa shape index (κ1) is 11.2. The van der Waals surface area contributed by atoms with Crippen molar-refractivity contribution in [1.82, 2.24) is 10.2 Å². The van der Waals surface area contributed by atoms with Crippen molar-refractivity contribution in [2.75, 3.05) is 0 Å². The van der Waals surface area contributed by atoms with Crippen molar-refractivity contribution < 1.29 is 4.42 Å². The van der Waals surface area contributed by atoms with E-state index in [1.54, 1.807) is 0 Å². The largest absolute Gasteiger partial charge is 0.420 e. The highest BCUT2D eigenvalue weighted by molar-refractivity contribution is 9.10. The van der Waals surface area contributed by atoms with Gasteiger partial charge in [-0.3, -0.25) is 0 Å². The molecule has 0 aliphatic heterocycles. The zero-order valence-electron chi connectivity index (χ0n) is 10.1. The molecule has 1 heterocycles. The van der Waals surface area contributed by atoms with Gasteiger partial charge in [0.25, 0.3) is 0 Å². The highest BCUT2D eigenvalue weighted by atomic mass is 79.9. The number of hydrogen-bond acceptors (Lipinski definition) is 3. The minimum Gasteiger partial charge on any atom is -0.420 e. The number of rotatable bonds is 2. The topological polar surface area (TPSA) is 38.9 Å². The summed E-state index contributed by atoms with van der Waals surface area (Å²) < 4.78 is 6.82. The minimum absolute atomic E-state index is 0.498. The van der Waals surface area contributed by atoms with Crippen LogP contribution in [0.15, 0.2) is 45.3 Å². The Morgan fingerprint density at radius 2 is 1.79 bits per heavy atom. The van der Waals surface area contributed by atoms with Gasteiger partial charge in [-0.2, -0.15) is 0 Å². The predicted molar refractivity (Wildman–Crippen MR) is 76.9 cm³/mol. The van der Waals surface area contributed by atoms with Crippen molar-refractivity contribution in [2.24, 2.45) is 0 Å². The van der Waals surface area contributed by atoms with E-state index < -0.39 is 0 Å². The molecule has 1 aliphatic carbocycles. The van der Waals surface area contributed by atoms with Gasteiger partial charge in [0, 0.05) is 16.0 Å². The number of aromatic nitrogens is 2. The Kier molecular flexibility index (Phi) is 2.45. The standard InChI is InChI=1S/C15H11BrN2O/c16-13-6-5-10-7-12(4-3-11(10)8-13)15-18-17-14(19-15)9-1-2-9/h3-9H,1-2H2. The SMILES string of the molecule is Brc1ccc2cc(-c3nnc(C4CC4)o3)ccc2c1. The van der Waals surface area contributed by atoms with E-state index in [1.165, 1.54) is 23.6 Å². The number of hydrogen-bond donors (Lipinski definition) is 0. The molecular weight excluding hydrogens is 304 g/mol. The van der Waals surface area contributed by atoms with Crippen LogP contribution in [0.1, 0.15) is 24.7 Å². The fraction of sp³-hybridized carbons (Fsp3) is 0.200. The van der Waals surface area contributed by atoms with Crippen molar-refractivity contribution in [3.63, 3.8) is 0 Å². The van der Waals surface area contributed by atoms with Crippen LogP contribution in [-0.2, 0) is 0 Å². The van der Waals surface area contributed by atoms with Crippen LogP contribution in [0.5, 0.6) is 0 Å². The Balaban J connectivity index is 1.78. The third-order valence-electron chi connectivity index (χ3n) is 3.42. The highest BCUT2D eigenvalue weighted by Gasteiger charge is 2.29. The molecule has 0 bridgehead atoms. The summed E-state index contributed by atoms with van der Waals surface area (Å²) in [7, 11) is 0. The molecule has 1 aromatic heterocycles. The molecule has 0 saturated heterocycles. The molecule has 1 fully saturated rings. The molecule has 0 spiro atoms. The molecule has 0 N–H and O–H groups in total. The minimum atomic E-state index is 0.498. The summed E-state index contributed by atoms with van der Waals surface area (Å²) in [5.41, 5.74) is 0.981. The second kappa shape index (κ2) is 4.17. The summed E-state index contributed by atoms with van der Waals surface area (Å²) in [5.74, 6) is 1.90. The monoisotopic (exact) mass is 314 g/mol. The number of nitrogens with zero attached hydrogens (tertiary/aromatic N) is 2. The first-order valence-corrected chi connectivity index (χ1v) is 7.12. The Morgan fingerprint density at radius 1 is 1.00 bits per heavy atom. The molecule has 0 radical (unpaired) electrons. The van der Waals surface area contributed by atoms with E-state index in [1.807, 2.05) is 12.1 Å². The molecule has 3 nitrogen and oxygen atoms in total. The molecule has 0 amide bonds. The van der Waals surface area contributed by atoms with Gasteiger partial charge in [0.15, 0.2) is 0 Å². The number of halogens is 1. The summed E-state index contributed by atoms with van der Waals surface area (Å²) in [6, 6.07) is 12.4. The summed E-state index contributed by atoms with van der Waals surface area (Å²) in [6.07, 6.45) is 2.35. The quantitative estimate of drug-likeness (QED) is 0.697. The summed E-state index contributed by atoms with van der Waals surface area (Å²) >= 11 is 3.48. The highest BCUT2D eigenvalue weighted by Crippen LogP contribution is 2.40. The maximum atomic E-state index is 5.73. The zero-order valence-corrected chi connectivity index (χ0v) is 11.7. The lowest BCUT2D eigenvalue weighted by Crippen LogP contribution is -1.79. The second-order valence-corrected chi connectivity index (χ2v) is 5.84. The van der Waals surface area contributed by atoms with Crippen molar-refractivity contribution in [2.45, 2.75) is 18.8 Å². The molecule has 0 atom stereocenters. The summed E-state index contributed by atoms with van der Waals surface area (Å²) in [4.78, 5) is 0. The van der Waals surface area contributed by atoms with Gasteiger partial charge in [0.05, 0.1) is 0 Å². The maximum Gasteiger partial charge on any atom is 0.247 e.